The zero-order valence-corrected chi connectivity index (χ0v) is 12.7. The molecular formula is C18H28N2. The number of nitrogens with zero attached hydrogens (tertiary/aromatic N) is 1. The molecular weight excluding hydrogens is 244 g/mol. The summed E-state index contributed by atoms with van der Waals surface area (Å²) in [5.74, 6) is 1.66. The van der Waals surface area contributed by atoms with Crippen LogP contribution in [-0.4, -0.2) is 37.6 Å². The number of benzene rings is 1. The topological polar surface area (TPSA) is 15.3 Å². The lowest BCUT2D eigenvalue weighted by Gasteiger charge is -2.28. The van der Waals surface area contributed by atoms with Gasteiger partial charge in [-0.15, -0.1) is 0 Å². The number of hydrogen-bond donors (Lipinski definition) is 1. The van der Waals surface area contributed by atoms with Gasteiger partial charge >= 0.3 is 0 Å². The van der Waals surface area contributed by atoms with Gasteiger partial charge in [0.1, 0.15) is 0 Å². The molecule has 1 aromatic rings. The molecule has 1 aliphatic carbocycles. The fourth-order valence-corrected chi connectivity index (χ4v) is 4.11. The van der Waals surface area contributed by atoms with Crippen LogP contribution < -0.4 is 5.32 Å². The predicted octanol–water partition coefficient (Wildman–Crippen LogP) is 3.25. The molecule has 3 rings (SSSR count). The van der Waals surface area contributed by atoms with Crippen LogP contribution in [0.1, 0.15) is 43.6 Å². The Morgan fingerprint density at radius 3 is 2.60 bits per heavy atom. The average molecular weight is 272 g/mol. The van der Waals surface area contributed by atoms with Crippen LogP contribution >= 0.6 is 0 Å². The quantitative estimate of drug-likeness (QED) is 0.885. The average Bonchev–Trinajstić information content (AvgIpc) is 3.17. The van der Waals surface area contributed by atoms with E-state index in [1.165, 1.54) is 57.3 Å². The highest BCUT2D eigenvalue weighted by Gasteiger charge is 2.29. The van der Waals surface area contributed by atoms with Gasteiger partial charge in [-0.2, -0.15) is 0 Å². The van der Waals surface area contributed by atoms with Gasteiger partial charge in [-0.3, -0.25) is 0 Å². The lowest BCUT2D eigenvalue weighted by Crippen LogP contribution is -2.42. The minimum atomic E-state index is 0.701. The number of rotatable bonds is 5. The van der Waals surface area contributed by atoms with E-state index >= 15 is 0 Å². The van der Waals surface area contributed by atoms with Crippen molar-refractivity contribution in [1.29, 1.82) is 0 Å². The Kier molecular flexibility index (Phi) is 4.74. The van der Waals surface area contributed by atoms with Gasteiger partial charge in [0.15, 0.2) is 0 Å². The van der Waals surface area contributed by atoms with Gasteiger partial charge in [0, 0.05) is 19.1 Å². The molecule has 110 valence electrons. The summed E-state index contributed by atoms with van der Waals surface area (Å²) in [7, 11) is 2.15. The number of likely N-dealkylation sites (tertiary alicyclic amines) is 1. The standard InChI is InChI=1S/C18H28N2/c1-19-18(16-9-5-6-10-16)14-20-12-11-17(13-20)15-7-3-2-4-8-15/h2-4,7-8,16-19H,5-6,9-14H2,1H3. The second-order valence-electron chi connectivity index (χ2n) is 6.60. The normalized spacial score (nSPS) is 26.1. The molecule has 0 bridgehead atoms. The largest absolute Gasteiger partial charge is 0.315 e. The summed E-state index contributed by atoms with van der Waals surface area (Å²) >= 11 is 0. The maximum Gasteiger partial charge on any atom is 0.0220 e. The van der Waals surface area contributed by atoms with E-state index in [0.717, 1.165) is 11.8 Å². The molecule has 1 N–H and O–H groups in total. The first-order chi connectivity index (χ1) is 9.86. The SMILES string of the molecule is CNC(CN1CCC(c2ccccc2)C1)C1CCCC1. The summed E-state index contributed by atoms with van der Waals surface area (Å²) < 4.78 is 0. The summed E-state index contributed by atoms with van der Waals surface area (Å²) in [6.07, 6.45) is 7.07. The monoisotopic (exact) mass is 272 g/mol. The van der Waals surface area contributed by atoms with E-state index in [1.54, 1.807) is 0 Å². The van der Waals surface area contributed by atoms with Crippen molar-refractivity contribution in [3.05, 3.63) is 35.9 Å². The van der Waals surface area contributed by atoms with Gasteiger partial charge in [-0.05, 0) is 50.3 Å². The molecule has 2 aliphatic rings. The van der Waals surface area contributed by atoms with Crippen molar-refractivity contribution >= 4 is 0 Å². The molecule has 1 aliphatic heterocycles. The van der Waals surface area contributed by atoms with Crippen molar-refractivity contribution in [2.75, 3.05) is 26.7 Å². The zero-order valence-electron chi connectivity index (χ0n) is 12.7. The Hall–Kier alpha value is -0.860. The second kappa shape index (κ2) is 6.73. The Balaban J connectivity index is 1.54. The third-order valence-electron chi connectivity index (χ3n) is 5.34. The van der Waals surface area contributed by atoms with E-state index in [-0.39, 0.29) is 0 Å². The van der Waals surface area contributed by atoms with Gasteiger partial charge in [0.05, 0.1) is 0 Å². The van der Waals surface area contributed by atoms with Gasteiger partial charge in [-0.25, -0.2) is 0 Å². The number of likely N-dealkylation sites (N-methyl/N-ethyl adjacent to an activating group) is 1. The summed E-state index contributed by atoms with van der Waals surface area (Å²) in [4.78, 5) is 2.68. The Morgan fingerprint density at radius 1 is 1.15 bits per heavy atom. The Bertz CT molecular complexity index is 397. The van der Waals surface area contributed by atoms with Crippen molar-refractivity contribution < 1.29 is 0 Å². The van der Waals surface area contributed by atoms with Crippen molar-refractivity contribution in [3.8, 4) is 0 Å². The third-order valence-corrected chi connectivity index (χ3v) is 5.34. The van der Waals surface area contributed by atoms with Crippen LogP contribution in [0, 0.1) is 5.92 Å². The molecule has 1 heterocycles. The molecule has 0 radical (unpaired) electrons. The fourth-order valence-electron chi connectivity index (χ4n) is 4.11. The molecule has 0 aromatic heterocycles. The van der Waals surface area contributed by atoms with Crippen molar-refractivity contribution in [2.24, 2.45) is 5.92 Å². The van der Waals surface area contributed by atoms with E-state index < -0.39 is 0 Å². The first kappa shape index (κ1) is 14.1. The Morgan fingerprint density at radius 2 is 1.90 bits per heavy atom. The van der Waals surface area contributed by atoms with E-state index in [1.807, 2.05) is 0 Å². The maximum absolute atomic E-state index is 3.58. The van der Waals surface area contributed by atoms with Crippen LogP contribution in [0.3, 0.4) is 0 Å². The van der Waals surface area contributed by atoms with E-state index in [4.69, 9.17) is 0 Å². The van der Waals surface area contributed by atoms with Gasteiger partial charge in [0.25, 0.3) is 0 Å². The summed E-state index contributed by atoms with van der Waals surface area (Å²) in [5, 5.41) is 3.58. The van der Waals surface area contributed by atoms with Gasteiger partial charge in [0.2, 0.25) is 0 Å². The molecule has 2 fully saturated rings. The van der Waals surface area contributed by atoms with Crippen LogP contribution in [0.2, 0.25) is 0 Å². The van der Waals surface area contributed by atoms with Crippen LogP contribution in [0.25, 0.3) is 0 Å². The van der Waals surface area contributed by atoms with Crippen LogP contribution in [-0.2, 0) is 0 Å². The third kappa shape index (κ3) is 3.24. The zero-order chi connectivity index (χ0) is 13.8. The van der Waals surface area contributed by atoms with Gasteiger partial charge < -0.3 is 10.2 Å². The highest BCUT2D eigenvalue weighted by atomic mass is 15.2. The van der Waals surface area contributed by atoms with Crippen molar-refractivity contribution in [2.45, 2.75) is 44.1 Å². The second-order valence-corrected chi connectivity index (χ2v) is 6.60. The molecule has 0 amide bonds. The maximum atomic E-state index is 3.58. The lowest BCUT2D eigenvalue weighted by atomic mass is 9.97. The summed E-state index contributed by atoms with van der Waals surface area (Å²) in [6.45, 7) is 3.75. The highest BCUT2D eigenvalue weighted by Crippen LogP contribution is 2.31. The van der Waals surface area contributed by atoms with Crippen LogP contribution in [0.15, 0.2) is 30.3 Å². The van der Waals surface area contributed by atoms with E-state index in [9.17, 15) is 0 Å². The first-order valence-corrected chi connectivity index (χ1v) is 8.31. The van der Waals surface area contributed by atoms with Crippen molar-refractivity contribution in [1.82, 2.24) is 10.2 Å². The molecule has 2 heteroatoms. The molecule has 2 nitrogen and oxygen atoms in total. The van der Waals surface area contributed by atoms with E-state index in [2.05, 4.69) is 47.6 Å². The van der Waals surface area contributed by atoms with Crippen LogP contribution in [0.5, 0.6) is 0 Å². The molecule has 0 spiro atoms. The smallest absolute Gasteiger partial charge is 0.0220 e. The molecule has 1 saturated heterocycles. The lowest BCUT2D eigenvalue weighted by molar-refractivity contribution is 0.247. The molecule has 1 saturated carbocycles. The fraction of sp³-hybridized carbons (Fsp3) is 0.667. The predicted molar refractivity (Wildman–Crippen MR) is 85.0 cm³/mol. The molecule has 20 heavy (non-hydrogen) atoms. The van der Waals surface area contributed by atoms with Crippen LogP contribution in [0.4, 0.5) is 0 Å². The minimum Gasteiger partial charge on any atom is -0.315 e. The summed E-state index contributed by atoms with van der Waals surface area (Å²) in [5.41, 5.74) is 1.52. The number of nitrogens with one attached hydrogen (secondary N) is 1. The number of hydrogen-bond acceptors (Lipinski definition) is 2. The Labute approximate surface area is 123 Å². The summed E-state index contributed by atoms with van der Waals surface area (Å²) in [6, 6.07) is 11.8. The molecule has 1 aromatic carbocycles. The highest BCUT2D eigenvalue weighted by molar-refractivity contribution is 5.21. The molecule has 2 atom stereocenters. The minimum absolute atomic E-state index is 0.701. The first-order valence-electron chi connectivity index (χ1n) is 8.31. The molecule has 2 unspecified atom stereocenters. The van der Waals surface area contributed by atoms with Gasteiger partial charge in [-0.1, -0.05) is 43.2 Å². The van der Waals surface area contributed by atoms with Crippen molar-refractivity contribution in [3.63, 3.8) is 0 Å². The van der Waals surface area contributed by atoms with E-state index in [0.29, 0.717) is 6.04 Å².